The summed E-state index contributed by atoms with van der Waals surface area (Å²) in [5, 5.41) is 3.74. The van der Waals surface area contributed by atoms with Gasteiger partial charge in [-0.15, -0.1) is 0 Å². The summed E-state index contributed by atoms with van der Waals surface area (Å²) in [4.78, 5) is 0. The van der Waals surface area contributed by atoms with Gasteiger partial charge in [0.1, 0.15) is 11.4 Å². The highest BCUT2D eigenvalue weighted by Gasteiger charge is 2.35. The minimum Gasteiger partial charge on any atom is -0.487 e. The number of aryl methyl sites for hydroxylation is 1. The highest BCUT2D eigenvalue weighted by atomic mass is 16.5. The number of hydrogen-bond acceptors (Lipinski definition) is 2. The molecule has 1 aliphatic heterocycles. The van der Waals surface area contributed by atoms with Gasteiger partial charge in [0.15, 0.2) is 0 Å². The summed E-state index contributed by atoms with van der Waals surface area (Å²) in [6.07, 6.45) is 5.96. The van der Waals surface area contributed by atoms with E-state index in [-0.39, 0.29) is 5.60 Å². The van der Waals surface area contributed by atoms with Crippen molar-refractivity contribution in [3.63, 3.8) is 0 Å². The summed E-state index contributed by atoms with van der Waals surface area (Å²) in [7, 11) is 0. The van der Waals surface area contributed by atoms with Crippen molar-refractivity contribution in [3.05, 3.63) is 29.3 Å². The lowest BCUT2D eigenvalue weighted by molar-refractivity contribution is 0.0442. The molecule has 2 unspecified atom stereocenters. The first-order valence-corrected chi connectivity index (χ1v) is 8.11. The van der Waals surface area contributed by atoms with Crippen LogP contribution in [0.15, 0.2) is 18.2 Å². The van der Waals surface area contributed by atoms with Gasteiger partial charge >= 0.3 is 0 Å². The normalized spacial score (nSPS) is 25.1. The number of benzene rings is 1. The molecule has 1 aliphatic rings. The molecule has 0 bridgehead atoms. The molecular formula is C18H29NO. The molecule has 0 aliphatic carbocycles. The fraction of sp³-hybridized carbons (Fsp3) is 0.667. The Morgan fingerprint density at radius 3 is 2.80 bits per heavy atom. The van der Waals surface area contributed by atoms with Gasteiger partial charge in [0.05, 0.1) is 0 Å². The van der Waals surface area contributed by atoms with Crippen molar-refractivity contribution in [2.75, 3.05) is 6.54 Å². The molecule has 0 amide bonds. The third kappa shape index (κ3) is 3.54. The van der Waals surface area contributed by atoms with E-state index in [1.165, 1.54) is 30.4 Å². The fourth-order valence-corrected chi connectivity index (χ4v) is 2.92. The fourth-order valence-electron chi connectivity index (χ4n) is 2.92. The lowest BCUT2D eigenvalue weighted by Gasteiger charge is -2.40. The summed E-state index contributed by atoms with van der Waals surface area (Å²) in [6, 6.07) is 7.04. The van der Waals surface area contributed by atoms with Gasteiger partial charge in [-0.2, -0.15) is 0 Å². The van der Waals surface area contributed by atoms with E-state index in [4.69, 9.17) is 4.74 Å². The lowest BCUT2D eigenvalue weighted by atomic mass is 9.86. The van der Waals surface area contributed by atoms with Crippen molar-refractivity contribution in [3.8, 4) is 5.75 Å². The predicted molar refractivity (Wildman–Crippen MR) is 85.4 cm³/mol. The number of unbranched alkanes of at least 4 members (excludes halogenated alkanes) is 2. The average Bonchev–Trinajstić information content (AvgIpc) is 2.43. The van der Waals surface area contributed by atoms with Crippen LogP contribution < -0.4 is 10.1 Å². The van der Waals surface area contributed by atoms with Gasteiger partial charge in [-0.1, -0.05) is 38.8 Å². The number of nitrogens with one attached hydrogen (secondary N) is 1. The van der Waals surface area contributed by atoms with Crippen LogP contribution in [0.2, 0.25) is 0 Å². The molecule has 0 aromatic heterocycles. The van der Waals surface area contributed by atoms with Gasteiger partial charge in [-0.25, -0.2) is 0 Å². The molecule has 0 radical (unpaired) electrons. The molecule has 2 heteroatoms. The first-order valence-electron chi connectivity index (χ1n) is 8.11. The molecule has 112 valence electrons. The van der Waals surface area contributed by atoms with Crippen molar-refractivity contribution >= 4 is 0 Å². The Bertz CT molecular complexity index is 443. The van der Waals surface area contributed by atoms with E-state index in [1.807, 2.05) is 0 Å². The van der Waals surface area contributed by atoms with E-state index >= 15 is 0 Å². The van der Waals surface area contributed by atoms with Crippen LogP contribution in [0.5, 0.6) is 5.75 Å². The Morgan fingerprint density at radius 1 is 1.30 bits per heavy atom. The van der Waals surface area contributed by atoms with E-state index in [2.05, 4.69) is 51.2 Å². The van der Waals surface area contributed by atoms with E-state index in [0.29, 0.717) is 6.04 Å². The van der Waals surface area contributed by atoms with Crippen molar-refractivity contribution in [1.82, 2.24) is 5.32 Å². The van der Waals surface area contributed by atoms with Crippen LogP contribution >= 0.6 is 0 Å². The third-order valence-corrected chi connectivity index (χ3v) is 4.46. The number of ether oxygens (including phenoxy) is 1. The molecule has 2 nitrogen and oxygen atoms in total. The van der Waals surface area contributed by atoms with Gasteiger partial charge in [0, 0.05) is 18.0 Å². The second kappa shape index (κ2) is 6.62. The van der Waals surface area contributed by atoms with Crippen LogP contribution in [-0.4, -0.2) is 12.1 Å². The van der Waals surface area contributed by atoms with Crippen molar-refractivity contribution in [2.24, 2.45) is 0 Å². The highest BCUT2D eigenvalue weighted by molar-refractivity contribution is 5.41. The standard InChI is InChI=1S/C18H29NO/c1-5-7-8-11-19-16-13-18(4,6-2)20-17-12-14(3)9-10-15(16)17/h9-10,12,16,19H,5-8,11,13H2,1-4H3. The van der Waals surface area contributed by atoms with Crippen LogP contribution in [0, 0.1) is 6.92 Å². The van der Waals surface area contributed by atoms with Gasteiger partial charge in [0.25, 0.3) is 0 Å². The number of rotatable bonds is 6. The minimum atomic E-state index is -0.0385. The van der Waals surface area contributed by atoms with Crippen molar-refractivity contribution in [2.45, 2.75) is 71.4 Å². The quantitative estimate of drug-likeness (QED) is 0.755. The van der Waals surface area contributed by atoms with Crippen LogP contribution in [0.1, 0.15) is 70.0 Å². The molecule has 2 atom stereocenters. The highest BCUT2D eigenvalue weighted by Crippen LogP contribution is 2.41. The Hall–Kier alpha value is -1.02. The van der Waals surface area contributed by atoms with Crippen molar-refractivity contribution in [1.29, 1.82) is 0 Å². The van der Waals surface area contributed by atoms with E-state index in [9.17, 15) is 0 Å². The molecule has 2 rings (SSSR count). The van der Waals surface area contributed by atoms with E-state index < -0.39 is 0 Å². The molecule has 1 heterocycles. The van der Waals surface area contributed by atoms with Gasteiger partial charge in [-0.3, -0.25) is 0 Å². The maximum absolute atomic E-state index is 6.27. The molecule has 1 aromatic rings. The van der Waals surface area contributed by atoms with E-state index in [0.717, 1.165) is 25.1 Å². The second-order valence-electron chi connectivity index (χ2n) is 6.36. The molecule has 1 aromatic carbocycles. The molecule has 20 heavy (non-hydrogen) atoms. The maximum atomic E-state index is 6.27. The van der Waals surface area contributed by atoms with Gasteiger partial charge in [0.2, 0.25) is 0 Å². The lowest BCUT2D eigenvalue weighted by Crippen LogP contribution is -2.41. The zero-order valence-electron chi connectivity index (χ0n) is 13.5. The Labute approximate surface area is 123 Å². The largest absolute Gasteiger partial charge is 0.487 e. The summed E-state index contributed by atoms with van der Waals surface area (Å²) in [5.74, 6) is 1.08. The first-order chi connectivity index (χ1) is 9.58. The smallest absolute Gasteiger partial charge is 0.125 e. The number of hydrogen-bond donors (Lipinski definition) is 1. The Morgan fingerprint density at radius 2 is 2.10 bits per heavy atom. The van der Waals surface area contributed by atoms with Crippen LogP contribution in [0.4, 0.5) is 0 Å². The topological polar surface area (TPSA) is 21.3 Å². The van der Waals surface area contributed by atoms with Crippen LogP contribution in [0.3, 0.4) is 0 Å². The zero-order chi connectivity index (χ0) is 14.6. The van der Waals surface area contributed by atoms with Crippen LogP contribution in [0.25, 0.3) is 0 Å². The first kappa shape index (κ1) is 15.4. The minimum absolute atomic E-state index is 0.0385. The molecule has 0 saturated carbocycles. The Balaban J connectivity index is 2.14. The van der Waals surface area contributed by atoms with Gasteiger partial charge in [-0.05, 0) is 44.9 Å². The second-order valence-corrected chi connectivity index (χ2v) is 6.36. The Kier molecular flexibility index (Phi) is 5.09. The summed E-state index contributed by atoms with van der Waals surface area (Å²) >= 11 is 0. The molecule has 0 spiro atoms. The summed E-state index contributed by atoms with van der Waals surface area (Å²) < 4.78 is 6.27. The third-order valence-electron chi connectivity index (χ3n) is 4.46. The van der Waals surface area contributed by atoms with Crippen molar-refractivity contribution < 1.29 is 4.74 Å². The predicted octanol–water partition coefficient (Wildman–Crippen LogP) is 4.77. The zero-order valence-corrected chi connectivity index (χ0v) is 13.5. The SMILES string of the molecule is CCCCCNC1CC(C)(CC)Oc2cc(C)ccc21. The average molecular weight is 275 g/mol. The van der Waals surface area contributed by atoms with E-state index in [1.54, 1.807) is 0 Å². The molecule has 1 N–H and O–H groups in total. The van der Waals surface area contributed by atoms with Crippen LogP contribution in [-0.2, 0) is 0 Å². The maximum Gasteiger partial charge on any atom is 0.125 e. The summed E-state index contributed by atoms with van der Waals surface area (Å²) in [5.41, 5.74) is 2.57. The molecule has 0 saturated heterocycles. The monoisotopic (exact) mass is 275 g/mol. The molecular weight excluding hydrogens is 246 g/mol. The summed E-state index contributed by atoms with van der Waals surface area (Å²) in [6.45, 7) is 9.94. The molecule has 0 fully saturated rings. The number of fused-ring (bicyclic) bond motifs is 1. The van der Waals surface area contributed by atoms with Gasteiger partial charge < -0.3 is 10.1 Å².